The Bertz CT molecular complexity index is 994. The van der Waals surface area contributed by atoms with E-state index in [1.54, 1.807) is 12.1 Å². The van der Waals surface area contributed by atoms with Gasteiger partial charge < -0.3 is 20.3 Å². The number of hydrogen-bond donors (Lipinski definition) is 3. The van der Waals surface area contributed by atoms with Crippen molar-refractivity contribution < 1.29 is 14.7 Å². The number of carbonyl (C=O) groups excluding carboxylic acids is 2. The Morgan fingerprint density at radius 1 is 1.11 bits per heavy atom. The SMILES string of the molecule is CC(C)n1c(CCNC(=O)CNC(=O)c2cccc(O)c2)nc2ccccc21. The van der Waals surface area contributed by atoms with E-state index in [4.69, 9.17) is 0 Å². The van der Waals surface area contributed by atoms with E-state index in [9.17, 15) is 14.7 Å². The molecule has 2 amide bonds. The number of nitrogens with zero attached hydrogens (tertiary/aromatic N) is 2. The summed E-state index contributed by atoms with van der Waals surface area (Å²) < 4.78 is 2.17. The van der Waals surface area contributed by atoms with Crippen LogP contribution in [0, 0.1) is 0 Å². The minimum absolute atomic E-state index is 0.00476. The molecule has 0 aliphatic carbocycles. The predicted molar refractivity (Wildman–Crippen MR) is 107 cm³/mol. The molecule has 0 atom stereocenters. The highest BCUT2D eigenvalue weighted by Gasteiger charge is 2.13. The van der Waals surface area contributed by atoms with Crippen molar-refractivity contribution in [2.45, 2.75) is 26.3 Å². The minimum Gasteiger partial charge on any atom is -0.508 e. The fourth-order valence-corrected chi connectivity index (χ4v) is 3.13. The molecule has 3 N–H and O–H groups in total. The number of benzene rings is 2. The zero-order valence-electron chi connectivity index (χ0n) is 16.0. The number of fused-ring (bicyclic) bond motifs is 1. The molecule has 0 unspecified atom stereocenters. The standard InChI is InChI=1S/C21H24N4O3/c1-14(2)25-18-9-4-3-8-17(18)24-19(25)10-11-22-20(27)13-23-21(28)15-6-5-7-16(26)12-15/h3-9,12,14,26H,10-11,13H2,1-2H3,(H,22,27)(H,23,28). The molecule has 0 aliphatic rings. The molecule has 0 aliphatic heterocycles. The van der Waals surface area contributed by atoms with Gasteiger partial charge in [-0.1, -0.05) is 18.2 Å². The van der Waals surface area contributed by atoms with Crippen LogP contribution in [-0.2, 0) is 11.2 Å². The van der Waals surface area contributed by atoms with Crippen molar-refractivity contribution in [2.24, 2.45) is 0 Å². The number of rotatable bonds is 7. The number of aromatic nitrogens is 2. The third-order valence-electron chi connectivity index (χ3n) is 4.37. The molecule has 0 saturated heterocycles. The zero-order chi connectivity index (χ0) is 20.1. The first-order valence-corrected chi connectivity index (χ1v) is 9.25. The van der Waals surface area contributed by atoms with Crippen LogP contribution in [0.3, 0.4) is 0 Å². The lowest BCUT2D eigenvalue weighted by Crippen LogP contribution is -2.37. The highest BCUT2D eigenvalue weighted by molar-refractivity contribution is 5.96. The number of imidazole rings is 1. The van der Waals surface area contributed by atoms with Crippen LogP contribution in [0.25, 0.3) is 11.0 Å². The molecule has 7 heteroatoms. The van der Waals surface area contributed by atoms with E-state index in [0.717, 1.165) is 16.9 Å². The Kier molecular flexibility index (Phi) is 5.93. The van der Waals surface area contributed by atoms with Gasteiger partial charge in [0.1, 0.15) is 11.6 Å². The molecule has 2 aromatic carbocycles. The summed E-state index contributed by atoms with van der Waals surface area (Å²) in [5.41, 5.74) is 2.33. The smallest absolute Gasteiger partial charge is 0.251 e. The third-order valence-corrected chi connectivity index (χ3v) is 4.37. The molecular weight excluding hydrogens is 356 g/mol. The van der Waals surface area contributed by atoms with Crippen molar-refractivity contribution in [3.05, 3.63) is 59.9 Å². The van der Waals surface area contributed by atoms with Gasteiger partial charge in [0.05, 0.1) is 17.6 Å². The van der Waals surface area contributed by atoms with Gasteiger partial charge in [-0.3, -0.25) is 9.59 Å². The second-order valence-electron chi connectivity index (χ2n) is 6.81. The summed E-state index contributed by atoms with van der Waals surface area (Å²) in [5, 5.41) is 14.8. The molecule has 3 aromatic rings. The van der Waals surface area contributed by atoms with Gasteiger partial charge in [0, 0.05) is 24.6 Å². The summed E-state index contributed by atoms with van der Waals surface area (Å²) >= 11 is 0. The van der Waals surface area contributed by atoms with Crippen LogP contribution in [0.4, 0.5) is 0 Å². The molecule has 146 valence electrons. The van der Waals surface area contributed by atoms with Crippen LogP contribution in [-0.4, -0.2) is 39.6 Å². The number of carbonyl (C=O) groups is 2. The molecule has 1 heterocycles. The summed E-state index contributed by atoms with van der Waals surface area (Å²) in [6, 6.07) is 14.2. The fraction of sp³-hybridized carbons (Fsp3) is 0.286. The Hall–Kier alpha value is -3.35. The Morgan fingerprint density at radius 2 is 1.89 bits per heavy atom. The Balaban J connectivity index is 1.52. The van der Waals surface area contributed by atoms with Crippen molar-refractivity contribution in [2.75, 3.05) is 13.1 Å². The van der Waals surface area contributed by atoms with Gasteiger partial charge in [-0.25, -0.2) is 4.98 Å². The summed E-state index contributed by atoms with van der Waals surface area (Å²) in [6.45, 7) is 4.51. The molecule has 0 fully saturated rings. The Morgan fingerprint density at radius 3 is 2.64 bits per heavy atom. The van der Waals surface area contributed by atoms with E-state index >= 15 is 0 Å². The van der Waals surface area contributed by atoms with Crippen LogP contribution in [0.5, 0.6) is 5.75 Å². The molecular formula is C21H24N4O3. The summed E-state index contributed by atoms with van der Waals surface area (Å²) in [4.78, 5) is 28.7. The first-order valence-electron chi connectivity index (χ1n) is 9.25. The first kappa shape index (κ1) is 19.4. The maximum Gasteiger partial charge on any atom is 0.251 e. The van der Waals surface area contributed by atoms with Crippen LogP contribution in [0.1, 0.15) is 36.1 Å². The number of amides is 2. The van der Waals surface area contributed by atoms with Crippen molar-refractivity contribution in [1.29, 1.82) is 0 Å². The lowest BCUT2D eigenvalue weighted by Gasteiger charge is -2.13. The van der Waals surface area contributed by atoms with Gasteiger partial charge in [-0.2, -0.15) is 0 Å². The third kappa shape index (κ3) is 4.49. The number of aromatic hydroxyl groups is 1. The first-order chi connectivity index (χ1) is 13.5. The summed E-state index contributed by atoms with van der Waals surface area (Å²) in [7, 11) is 0. The lowest BCUT2D eigenvalue weighted by atomic mass is 10.2. The molecule has 0 radical (unpaired) electrons. The van der Waals surface area contributed by atoms with Crippen LogP contribution < -0.4 is 10.6 Å². The van der Waals surface area contributed by atoms with E-state index in [1.165, 1.54) is 12.1 Å². The number of phenols is 1. The lowest BCUT2D eigenvalue weighted by molar-refractivity contribution is -0.120. The summed E-state index contributed by atoms with van der Waals surface area (Å²) in [6.07, 6.45) is 0.596. The van der Waals surface area contributed by atoms with Gasteiger partial charge in [-0.05, 0) is 44.2 Å². The van der Waals surface area contributed by atoms with Crippen molar-refractivity contribution >= 4 is 22.8 Å². The van der Waals surface area contributed by atoms with E-state index in [-0.39, 0.29) is 24.2 Å². The van der Waals surface area contributed by atoms with E-state index in [0.29, 0.717) is 18.5 Å². The normalized spacial score (nSPS) is 11.0. The molecule has 0 bridgehead atoms. The quantitative estimate of drug-likeness (QED) is 0.586. The second kappa shape index (κ2) is 8.56. The van der Waals surface area contributed by atoms with Crippen LogP contribution in [0.2, 0.25) is 0 Å². The van der Waals surface area contributed by atoms with Gasteiger partial charge in [0.25, 0.3) is 5.91 Å². The predicted octanol–water partition coefficient (Wildman–Crippen LogP) is 2.41. The monoisotopic (exact) mass is 380 g/mol. The second-order valence-corrected chi connectivity index (χ2v) is 6.81. The van der Waals surface area contributed by atoms with Gasteiger partial charge in [0.2, 0.25) is 5.91 Å². The fourth-order valence-electron chi connectivity index (χ4n) is 3.13. The summed E-state index contributed by atoms with van der Waals surface area (Å²) in [5.74, 6) is 0.235. The maximum atomic E-state index is 12.0. The van der Waals surface area contributed by atoms with Crippen molar-refractivity contribution in [1.82, 2.24) is 20.2 Å². The van der Waals surface area contributed by atoms with Crippen LogP contribution >= 0.6 is 0 Å². The van der Waals surface area contributed by atoms with Crippen molar-refractivity contribution in [3.63, 3.8) is 0 Å². The minimum atomic E-state index is -0.410. The van der Waals surface area contributed by atoms with Crippen LogP contribution in [0.15, 0.2) is 48.5 Å². The molecule has 7 nitrogen and oxygen atoms in total. The molecule has 28 heavy (non-hydrogen) atoms. The number of phenolic OH excluding ortho intramolecular Hbond substituents is 1. The molecule has 0 saturated carbocycles. The number of hydrogen-bond acceptors (Lipinski definition) is 4. The highest BCUT2D eigenvalue weighted by Crippen LogP contribution is 2.21. The highest BCUT2D eigenvalue weighted by atomic mass is 16.3. The average Bonchev–Trinajstić information content (AvgIpc) is 3.04. The van der Waals surface area contributed by atoms with E-state index in [2.05, 4.69) is 34.0 Å². The zero-order valence-corrected chi connectivity index (χ0v) is 16.0. The maximum absolute atomic E-state index is 12.0. The van der Waals surface area contributed by atoms with Crippen molar-refractivity contribution in [3.8, 4) is 5.75 Å². The van der Waals surface area contributed by atoms with E-state index < -0.39 is 5.91 Å². The molecule has 1 aromatic heterocycles. The largest absolute Gasteiger partial charge is 0.508 e. The molecule has 0 spiro atoms. The number of nitrogens with one attached hydrogen (secondary N) is 2. The van der Waals surface area contributed by atoms with Gasteiger partial charge in [0.15, 0.2) is 0 Å². The topological polar surface area (TPSA) is 96.2 Å². The molecule has 3 rings (SSSR count). The average molecular weight is 380 g/mol. The Labute approximate surface area is 163 Å². The number of para-hydroxylation sites is 2. The van der Waals surface area contributed by atoms with Gasteiger partial charge in [-0.15, -0.1) is 0 Å². The van der Waals surface area contributed by atoms with Gasteiger partial charge >= 0.3 is 0 Å². The van der Waals surface area contributed by atoms with E-state index in [1.807, 2.05) is 24.3 Å².